The average Bonchev–Trinajstić information content (AvgIpc) is 2.67. The summed E-state index contributed by atoms with van der Waals surface area (Å²) in [6, 6.07) is 9.03. The zero-order chi connectivity index (χ0) is 19.6. The van der Waals surface area contributed by atoms with Crippen molar-refractivity contribution in [2.75, 3.05) is 6.61 Å². The number of rotatable bonds is 5. The molecule has 1 aromatic carbocycles. The van der Waals surface area contributed by atoms with E-state index in [0.29, 0.717) is 11.3 Å². The number of ether oxygens (including phenoxy) is 2. The first-order valence-corrected chi connectivity index (χ1v) is 8.09. The highest BCUT2D eigenvalue weighted by Gasteiger charge is 2.43. The Labute approximate surface area is 153 Å². The van der Waals surface area contributed by atoms with Crippen LogP contribution in [0.25, 0.3) is 0 Å². The highest BCUT2D eigenvalue weighted by molar-refractivity contribution is 5.36. The Bertz CT molecular complexity index is 798. The van der Waals surface area contributed by atoms with Crippen LogP contribution in [0.1, 0.15) is 11.7 Å². The first kappa shape index (κ1) is 19.1. The molecule has 4 N–H and O–H groups in total. The minimum Gasteiger partial charge on any atom is -0.453 e. The number of hydrogen-bond donors (Lipinski definition) is 4. The molecule has 1 aromatic heterocycles. The Hall–Kier alpha value is -2.63. The molecule has 0 radical (unpaired) electrons. The fourth-order valence-electron chi connectivity index (χ4n) is 2.81. The van der Waals surface area contributed by atoms with Crippen molar-refractivity contribution >= 4 is 5.82 Å². The van der Waals surface area contributed by atoms with Crippen molar-refractivity contribution in [3.63, 3.8) is 0 Å². The van der Waals surface area contributed by atoms with Crippen molar-refractivity contribution in [2.24, 2.45) is 0 Å². The van der Waals surface area contributed by atoms with Crippen LogP contribution in [0.3, 0.4) is 0 Å². The number of nitro groups is 1. The molecule has 0 bridgehead atoms. The van der Waals surface area contributed by atoms with Gasteiger partial charge < -0.3 is 40.0 Å². The summed E-state index contributed by atoms with van der Waals surface area (Å²) in [5, 5.41) is 49.9. The monoisotopic (exact) mass is 378 g/mol. The largest absolute Gasteiger partial charge is 0.453 e. The summed E-state index contributed by atoms with van der Waals surface area (Å²) in [7, 11) is 0. The van der Waals surface area contributed by atoms with Crippen LogP contribution in [0.2, 0.25) is 0 Å². The molecule has 2 aromatic rings. The molecule has 5 atom stereocenters. The van der Waals surface area contributed by atoms with Crippen LogP contribution in [0.15, 0.2) is 42.6 Å². The predicted molar refractivity (Wildman–Crippen MR) is 90.1 cm³/mol. The minimum atomic E-state index is -1.48. The average molecular weight is 378 g/mol. The maximum Gasteiger partial charge on any atom is 0.363 e. The van der Waals surface area contributed by atoms with E-state index in [1.807, 2.05) is 0 Å². The van der Waals surface area contributed by atoms with Gasteiger partial charge in [-0.15, -0.1) is 0 Å². The molecule has 0 saturated carbocycles. The van der Waals surface area contributed by atoms with Crippen molar-refractivity contribution in [2.45, 2.75) is 30.5 Å². The second kappa shape index (κ2) is 7.94. The fraction of sp³-hybridized carbons (Fsp3) is 0.353. The van der Waals surface area contributed by atoms with Gasteiger partial charge in [0.25, 0.3) is 0 Å². The smallest absolute Gasteiger partial charge is 0.363 e. The van der Waals surface area contributed by atoms with E-state index in [0.717, 1.165) is 0 Å². The van der Waals surface area contributed by atoms with E-state index in [2.05, 4.69) is 4.98 Å². The van der Waals surface area contributed by atoms with Gasteiger partial charge in [0.2, 0.25) is 0 Å². The van der Waals surface area contributed by atoms with E-state index in [9.17, 15) is 30.5 Å². The van der Waals surface area contributed by atoms with Crippen LogP contribution >= 0.6 is 0 Å². The lowest BCUT2D eigenvalue weighted by Gasteiger charge is -2.40. The molecular weight excluding hydrogens is 360 g/mol. The Morgan fingerprint density at radius 3 is 2.52 bits per heavy atom. The normalized spacial score (nSPS) is 27.9. The van der Waals surface area contributed by atoms with Gasteiger partial charge in [0.05, 0.1) is 6.61 Å². The predicted octanol–water partition coefficient (Wildman–Crippen LogP) is 0.297. The highest BCUT2D eigenvalue weighted by Crippen LogP contribution is 2.34. The number of nitrogens with zero attached hydrogens (tertiary/aromatic N) is 2. The molecule has 27 heavy (non-hydrogen) atoms. The molecule has 10 heteroatoms. The Kier molecular flexibility index (Phi) is 5.63. The van der Waals surface area contributed by atoms with Crippen LogP contribution in [-0.4, -0.2) is 61.4 Å². The van der Waals surface area contributed by atoms with Crippen LogP contribution in [0, 0.1) is 10.1 Å². The first-order valence-electron chi connectivity index (χ1n) is 8.09. The highest BCUT2D eigenvalue weighted by atomic mass is 16.6. The summed E-state index contributed by atoms with van der Waals surface area (Å²) in [5.74, 6) is 0.309. The standard InChI is InChI=1S/C17H18N2O8/c20-8-12-14(21)15(22)16(23)17(27-12)9-2-1-3-10(6-9)26-11-4-5-13(18-7-11)19(24)25/h1-7,12,14-17,20-23H,8H2/t12-,14-,15+,16+,17-/m1/s1. The summed E-state index contributed by atoms with van der Waals surface area (Å²) in [4.78, 5) is 13.7. The van der Waals surface area contributed by atoms with Gasteiger partial charge in [0, 0.05) is 6.07 Å². The lowest BCUT2D eigenvalue weighted by Crippen LogP contribution is -2.55. The lowest BCUT2D eigenvalue weighted by atomic mass is 9.91. The number of benzene rings is 1. The van der Waals surface area contributed by atoms with Gasteiger partial charge in [0.1, 0.15) is 36.3 Å². The Morgan fingerprint density at radius 1 is 1.11 bits per heavy atom. The van der Waals surface area contributed by atoms with Crippen LogP contribution < -0.4 is 4.74 Å². The molecule has 1 saturated heterocycles. The number of hydrogen-bond acceptors (Lipinski definition) is 9. The van der Waals surface area contributed by atoms with Gasteiger partial charge in [-0.3, -0.25) is 0 Å². The summed E-state index contributed by atoms with van der Waals surface area (Å²) >= 11 is 0. The second-order valence-electron chi connectivity index (χ2n) is 6.03. The molecule has 10 nitrogen and oxygen atoms in total. The second-order valence-corrected chi connectivity index (χ2v) is 6.03. The topological polar surface area (TPSA) is 155 Å². The molecule has 0 unspecified atom stereocenters. The van der Waals surface area contributed by atoms with Gasteiger partial charge in [-0.2, -0.15) is 0 Å². The van der Waals surface area contributed by atoms with E-state index < -0.39 is 42.1 Å². The molecule has 1 aliphatic heterocycles. The van der Waals surface area contributed by atoms with E-state index in [1.165, 1.54) is 18.3 Å². The molecule has 0 amide bonds. The van der Waals surface area contributed by atoms with Gasteiger partial charge >= 0.3 is 5.82 Å². The van der Waals surface area contributed by atoms with Gasteiger partial charge in [0.15, 0.2) is 11.9 Å². The third kappa shape index (κ3) is 4.04. The molecule has 144 valence electrons. The number of aliphatic hydroxyl groups is 4. The van der Waals surface area contributed by atoms with Crippen LogP contribution in [0.4, 0.5) is 5.82 Å². The van der Waals surface area contributed by atoms with Gasteiger partial charge in [-0.05, 0) is 33.7 Å². The van der Waals surface area contributed by atoms with E-state index >= 15 is 0 Å². The number of pyridine rings is 1. The van der Waals surface area contributed by atoms with E-state index in [1.54, 1.807) is 24.3 Å². The first-order chi connectivity index (χ1) is 12.9. The van der Waals surface area contributed by atoms with Crippen molar-refractivity contribution < 1.29 is 34.8 Å². The zero-order valence-corrected chi connectivity index (χ0v) is 14.0. The number of aromatic nitrogens is 1. The van der Waals surface area contributed by atoms with Crippen LogP contribution in [0.5, 0.6) is 11.5 Å². The quantitative estimate of drug-likeness (QED) is 0.424. The molecule has 2 heterocycles. The summed E-state index contributed by atoms with van der Waals surface area (Å²) in [5.41, 5.74) is 0.458. The maximum absolute atomic E-state index is 10.6. The SMILES string of the molecule is O=[N+]([O-])c1ccc(Oc2cccc([C@H]3O[C@H](CO)[C@@H](O)[C@H](O)[C@@H]3O)c2)cn1. The molecular formula is C17H18N2O8. The lowest BCUT2D eigenvalue weighted by molar-refractivity contribution is -0.389. The molecule has 0 spiro atoms. The van der Waals surface area contributed by atoms with E-state index in [-0.39, 0.29) is 11.6 Å². The van der Waals surface area contributed by atoms with Crippen molar-refractivity contribution in [3.05, 3.63) is 58.3 Å². The molecule has 1 aliphatic rings. The third-order valence-corrected chi connectivity index (χ3v) is 4.22. The minimum absolute atomic E-state index is 0.270. The Balaban J connectivity index is 1.79. The third-order valence-electron chi connectivity index (χ3n) is 4.22. The summed E-state index contributed by atoms with van der Waals surface area (Å²) in [6.07, 6.45) is -5.12. The fourth-order valence-corrected chi connectivity index (χ4v) is 2.81. The summed E-state index contributed by atoms with van der Waals surface area (Å²) < 4.78 is 11.1. The van der Waals surface area contributed by atoms with E-state index in [4.69, 9.17) is 9.47 Å². The molecule has 3 rings (SSSR count). The van der Waals surface area contributed by atoms with Gasteiger partial charge in [-0.25, -0.2) is 0 Å². The van der Waals surface area contributed by atoms with Crippen molar-refractivity contribution in [1.82, 2.24) is 4.98 Å². The Morgan fingerprint density at radius 2 is 1.89 bits per heavy atom. The molecule has 1 fully saturated rings. The van der Waals surface area contributed by atoms with Crippen molar-refractivity contribution in [1.29, 1.82) is 0 Å². The van der Waals surface area contributed by atoms with Crippen molar-refractivity contribution in [3.8, 4) is 11.5 Å². The zero-order valence-electron chi connectivity index (χ0n) is 14.0. The van der Waals surface area contributed by atoms with Crippen LogP contribution in [-0.2, 0) is 4.74 Å². The molecule has 0 aliphatic carbocycles. The van der Waals surface area contributed by atoms with Gasteiger partial charge in [-0.1, -0.05) is 12.1 Å². The summed E-state index contributed by atoms with van der Waals surface area (Å²) in [6.45, 7) is -0.522. The maximum atomic E-state index is 10.6. The number of aliphatic hydroxyl groups excluding tert-OH is 4.